The molecule has 1 rings (SSSR count). The second-order valence-electron chi connectivity index (χ2n) is 1.29. The van der Waals surface area contributed by atoms with Crippen LogP contribution >= 0.6 is 0 Å². The summed E-state index contributed by atoms with van der Waals surface area (Å²) in [6.45, 7) is 0. The molecule has 0 atom stereocenters. The Hall–Kier alpha value is 0.318. The van der Waals surface area contributed by atoms with E-state index in [1.54, 1.807) is 0 Å². The minimum atomic E-state index is -2.88. The fourth-order valence-corrected chi connectivity index (χ4v) is 2.31. The average Bonchev–Trinajstić information content (AvgIpc) is 1.76. The van der Waals surface area contributed by atoms with Crippen LogP contribution in [0.3, 0.4) is 0 Å². The van der Waals surface area contributed by atoms with Crippen molar-refractivity contribution in [3.63, 3.8) is 0 Å². The van der Waals surface area contributed by atoms with Crippen molar-refractivity contribution in [2.45, 2.75) is 10.4 Å². The second-order valence-corrected chi connectivity index (χ2v) is 6.72. The topological polar surface area (TPSA) is 37.3 Å². The molecule has 1 heterocycles. The molecule has 0 aromatic rings. The molecule has 0 radical (unpaired) electrons. The van der Waals surface area contributed by atoms with E-state index in [1.807, 2.05) is 0 Å². The molecule has 0 amide bonds. The van der Waals surface area contributed by atoms with Gasteiger partial charge in [0, 0.05) is 0 Å². The zero-order valence-corrected chi connectivity index (χ0v) is 4.59. The van der Waals surface area contributed by atoms with Crippen molar-refractivity contribution in [2.75, 3.05) is 0 Å². The van der Waals surface area contributed by atoms with Crippen LogP contribution in [-0.2, 0) is 3.74 Å². The first-order valence-corrected chi connectivity index (χ1v) is 5.77. The summed E-state index contributed by atoms with van der Waals surface area (Å²) in [6.07, 6.45) is 0. The van der Waals surface area contributed by atoms with Crippen molar-refractivity contribution in [3.8, 4) is 0 Å². The maximum absolute atomic E-state index is 9.94. The molecule has 0 bridgehead atoms. The Morgan fingerprint density at radius 1 is 1.60 bits per heavy atom. The molecule has 0 aromatic heterocycles. The molecule has 0 unspecified atom stereocenters. The summed E-state index contributed by atoms with van der Waals surface area (Å²) in [5.74, 6) is 0. The van der Waals surface area contributed by atoms with E-state index in [1.165, 1.54) is 0 Å². The van der Waals surface area contributed by atoms with E-state index in [-0.39, 0.29) is 0 Å². The van der Waals surface area contributed by atoms with Gasteiger partial charge in [-0.15, -0.1) is 0 Å². The Kier molecular flexibility index (Phi) is 0.482. The quantitative estimate of drug-likeness (QED) is 0.470. The van der Waals surface area contributed by atoms with Crippen molar-refractivity contribution in [2.24, 2.45) is 0 Å². The summed E-state index contributed by atoms with van der Waals surface area (Å²) in [6, 6.07) is 0. The van der Waals surface area contributed by atoms with Crippen molar-refractivity contribution < 1.29 is 7.84 Å². The molecule has 0 aromatic carbocycles. The molecule has 0 spiro atoms. The van der Waals surface area contributed by atoms with Gasteiger partial charge in [0.15, 0.2) is 0 Å². The molecule has 1 fully saturated rings. The second kappa shape index (κ2) is 0.687. The Labute approximate surface area is 32.8 Å². The van der Waals surface area contributed by atoms with Crippen LogP contribution in [0.25, 0.3) is 0 Å². The summed E-state index contributed by atoms with van der Waals surface area (Å²) in [5.41, 5.74) is 0. The van der Waals surface area contributed by atoms with Crippen LogP contribution in [0, 0.1) is 0 Å². The van der Waals surface area contributed by atoms with Crippen molar-refractivity contribution in [3.05, 3.63) is 0 Å². The molecule has 0 saturated carbocycles. The SMILES string of the molecule is O=[As]1(O)CC1. The predicted octanol–water partition coefficient (Wildman–Crippen LogP) is -0.135. The number of hydrogen-bond donors (Lipinski definition) is 1. The summed E-state index contributed by atoms with van der Waals surface area (Å²) < 4.78 is 18.2. The Morgan fingerprint density at radius 3 is 1.80 bits per heavy atom. The predicted molar refractivity (Wildman–Crippen MR) is 18.3 cm³/mol. The third-order valence-electron chi connectivity index (χ3n) is 0.606. The van der Waals surface area contributed by atoms with Crippen LogP contribution in [0.2, 0.25) is 10.4 Å². The number of rotatable bonds is 0. The van der Waals surface area contributed by atoms with Crippen LogP contribution in [0.5, 0.6) is 0 Å². The standard InChI is InChI=1S/C2H5AsO2/c4-3(5)1-2-3/h1-2H2,(H,4,5). The van der Waals surface area contributed by atoms with E-state index in [0.29, 0.717) is 10.4 Å². The summed E-state index contributed by atoms with van der Waals surface area (Å²) >= 11 is -2.88. The molecule has 30 valence electrons. The van der Waals surface area contributed by atoms with Crippen LogP contribution in [0.4, 0.5) is 0 Å². The van der Waals surface area contributed by atoms with Gasteiger partial charge in [-0.05, 0) is 0 Å². The van der Waals surface area contributed by atoms with Crippen molar-refractivity contribution in [1.29, 1.82) is 0 Å². The third-order valence-corrected chi connectivity index (χ3v) is 3.15. The van der Waals surface area contributed by atoms with Gasteiger partial charge < -0.3 is 0 Å². The molecule has 1 N–H and O–H groups in total. The maximum atomic E-state index is 9.94. The van der Waals surface area contributed by atoms with Crippen LogP contribution in [0.1, 0.15) is 0 Å². The van der Waals surface area contributed by atoms with E-state index < -0.39 is 13.8 Å². The van der Waals surface area contributed by atoms with E-state index in [2.05, 4.69) is 0 Å². The Bertz CT molecular complexity index is 79.6. The normalized spacial score (nSPS) is 29.8. The summed E-state index contributed by atoms with van der Waals surface area (Å²) in [5, 5.41) is 1.25. The van der Waals surface area contributed by atoms with Gasteiger partial charge in [-0.25, -0.2) is 0 Å². The molecule has 1 aliphatic heterocycles. The van der Waals surface area contributed by atoms with Crippen LogP contribution in [0.15, 0.2) is 0 Å². The molecule has 0 aliphatic carbocycles. The minimum absolute atomic E-state index is 0.623. The van der Waals surface area contributed by atoms with Crippen molar-refractivity contribution >= 4 is 13.8 Å². The summed E-state index contributed by atoms with van der Waals surface area (Å²) in [7, 11) is 0. The Balaban J connectivity index is 2.72. The van der Waals surface area contributed by atoms with Gasteiger partial charge in [0.05, 0.1) is 0 Å². The van der Waals surface area contributed by atoms with E-state index >= 15 is 0 Å². The van der Waals surface area contributed by atoms with Gasteiger partial charge in [-0.3, -0.25) is 0 Å². The molecule has 1 saturated heterocycles. The van der Waals surface area contributed by atoms with Gasteiger partial charge in [0.1, 0.15) is 0 Å². The molecular weight excluding hydrogens is 131 g/mol. The van der Waals surface area contributed by atoms with E-state index in [4.69, 9.17) is 4.10 Å². The zero-order valence-electron chi connectivity index (χ0n) is 2.72. The van der Waals surface area contributed by atoms with Gasteiger partial charge >= 0.3 is 32.1 Å². The molecular formula is C2H5AsO2. The van der Waals surface area contributed by atoms with E-state index in [0.717, 1.165) is 0 Å². The van der Waals surface area contributed by atoms with Gasteiger partial charge in [-0.1, -0.05) is 0 Å². The first kappa shape index (κ1) is 3.51. The van der Waals surface area contributed by atoms with Crippen LogP contribution < -0.4 is 0 Å². The average molecular weight is 136 g/mol. The monoisotopic (exact) mass is 136 g/mol. The first-order chi connectivity index (χ1) is 2.21. The fourth-order valence-electron chi connectivity index (χ4n) is 0.0855. The van der Waals surface area contributed by atoms with E-state index in [9.17, 15) is 3.74 Å². The molecule has 1 aliphatic rings. The summed E-state index contributed by atoms with van der Waals surface area (Å²) in [4.78, 5) is 0. The van der Waals surface area contributed by atoms with Crippen molar-refractivity contribution in [1.82, 2.24) is 0 Å². The molecule has 5 heavy (non-hydrogen) atoms. The Morgan fingerprint density at radius 2 is 1.80 bits per heavy atom. The first-order valence-electron chi connectivity index (χ1n) is 1.52. The molecule has 2 nitrogen and oxygen atoms in total. The molecule has 3 heteroatoms. The van der Waals surface area contributed by atoms with Gasteiger partial charge in [0.25, 0.3) is 0 Å². The fraction of sp³-hybridized carbons (Fsp3) is 1.00. The van der Waals surface area contributed by atoms with Gasteiger partial charge in [0.2, 0.25) is 0 Å². The van der Waals surface area contributed by atoms with Crippen LogP contribution in [-0.4, -0.2) is 17.9 Å². The third kappa shape index (κ3) is 0.821. The van der Waals surface area contributed by atoms with Gasteiger partial charge in [-0.2, -0.15) is 0 Å². The number of hydrogen-bond acceptors (Lipinski definition) is 1. The zero-order chi connectivity index (χ0) is 3.91.